The van der Waals surface area contributed by atoms with Crippen LogP contribution in [0.25, 0.3) is 0 Å². The molecule has 8 nitrogen and oxygen atoms in total. The molecule has 1 aliphatic rings. The average molecular weight is 390 g/mol. The molecule has 1 N–H and O–H groups in total. The van der Waals surface area contributed by atoms with Crippen LogP contribution in [0.5, 0.6) is 5.75 Å². The molecule has 0 fully saturated rings. The number of nitro benzene ring substituents is 1. The number of benzene rings is 2. The molecule has 0 radical (unpaired) electrons. The molecule has 9 heteroatoms. The molecule has 142 valence electrons. The number of carbonyl (C=O) groups excluding carboxylic acids is 1. The second-order valence-corrected chi connectivity index (χ2v) is 8.44. The van der Waals surface area contributed by atoms with Crippen LogP contribution in [-0.2, 0) is 14.6 Å². The Hall–Kier alpha value is -2.94. The van der Waals surface area contributed by atoms with Gasteiger partial charge in [0.15, 0.2) is 9.84 Å². The summed E-state index contributed by atoms with van der Waals surface area (Å²) >= 11 is 0. The van der Waals surface area contributed by atoms with Crippen molar-refractivity contribution in [3.05, 3.63) is 64.2 Å². The smallest absolute Gasteiger partial charge is 0.269 e. The lowest BCUT2D eigenvalue weighted by Crippen LogP contribution is -2.41. The van der Waals surface area contributed by atoms with Crippen molar-refractivity contribution in [2.24, 2.45) is 0 Å². The van der Waals surface area contributed by atoms with Crippen LogP contribution < -0.4 is 10.1 Å². The highest BCUT2D eigenvalue weighted by Crippen LogP contribution is 2.32. The first-order chi connectivity index (χ1) is 12.8. The number of carbonyl (C=O) groups is 1. The van der Waals surface area contributed by atoms with Gasteiger partial charge in [-0.05, 0) is 25.1 Å². The van der Waals surface area contributed by atoms with Gasteiger partial charge in [-0.2, -0.15) is 0 Å². The predicted octanol–water partition coefficient (Wildman–Crippen LogP) is 2.40. The summed E-state index contributed by atoms with van der Waals surface area (Å²) in [5.74, 6) is 0.0370. The molecule has 2 atom stereocenters. The Labute approximate surface area is 156 Å². The topological polar surface area (TPSA) is 116 Å². The Morgan fingerprint density at radius 3 is 2.56 bits per heavy atom. The van der Waals surface area contributed by atoms with Gasteiger partial charge in [0, 0.05) is 24.1 Å². The van der Waals surface area contributed by atoms with E-state index in [1.807, 2.05) is 18.2 Å². The maximum atomic E-state index is 12.7. The van der Waals surface area contributed by atoms with E-state index < -0.39 is 25.9 Å². The number of nitrogens with one attached hydrogen (secondary N) is 1. The zero-order valence-electron chi connectivity index (χ0n) is 14.5. The van der Waals surface area contributed by atoms with Crippen LogP contribution in [0.2, 0.25) is 0 Å². The fourth-order valence-corrected chi connectivity index (χ4v) is 4.16. The molecule has 0 unspecified atom stereocenters. The van der Waals surface area contributed by atoms with Crippen LogP contribution in [0.15, 0.2) is 53.4 Å². The van der Waals surface area contributed by atoms with Crippen molar-refractivity contribution in [3.63, 3.8) is 0 Å². The predicted molar refractivity (Wildman–Crippen MR) is 97.2 cm³/mol. The standard InChI is InChI=1S/C18H18N2O6S/c1-12(27(24,25)14-8-6-13(7-9-14)20(22)23)18(21)19-16-10-11-26-17-5-3-2-4-15(16)17/h2-9,12,16H,10-11H2,1H3,(H,19,21)/t12-,16-/m1/s1. The van der Waals surface area contributed by atoms with Crippen molar-refractivity contribution in [2.45, 2.75) is 29.5 Å². The molecule has 3 rings (SSSR count). The number of amides is 1. The monoisotopic (exact) mass is 390 g/mol. The summed E-state index contributed by atoms with van der Waals surface area (Å²) in [4.78, 5) is 22.5. The molecule has 2 aromatic carbocycles. The zero-order valence-corrected chi connectivity index (χ0v) is 15.3. The molecule has 27 heavy (non-hydrogen) atoms. The van der Waals surface area contributed by atoms with Gasteiger partial charge in [0.25, 0.3) is 5.69 Å². The average Bonchev–Trinajstić information content (AvgIpc) is 2.67. The highest BCUT2D eigenvalue weighted by Gasteiger charge is 2.32. The molecular formula is C18H18N2O6S. The van der Waals surface area contributed by atoms with Gasteiger partial charge in [-0.25, -0.2) is 8.42 Å². The number of ether oxygens (including phenoxy) is 1. The largest absolute Gasteiger partial charge is 0.493 e. The molecule has 0 aromatic heterocycles. The third-order valence-corrected chi connectivity index (χ3v) is 6.56. The van der Waals surface area contributed by atoms with E-state index in [2.05, 4.69) is 5.32 Å². The molecular weight excluding hydrogens is 372 g/mol. The van der Waals surface area contributed by atoms with Crippen molar-refractivity contribution in [2.75, 3.05) is 6.61 Å². The summed E-state index contributed by atoms with van der Waals surface area (Å²) < 4.78 is 30.9. The highest BCUT2D eigenvalue weighted by atomic mass is 32.2. The number of rotatable bonds is 5. The minimum atomic E-state index is -3.97. The Kier molecular flexibility index (Phi) is 5.13. The van der Waals surface area contributed by atoms with Gasteiger partial charge in [-0.3, -0.25) is 14.9 Å². The molecule has 1 amide bonds. The SMILES string of the molecule is C[C@H](C(=O)N[C@@H]1CCOc2ccccc21)S(=O)(=O)c1ccc([N+](=O)[O-])cc1. The minimum Gasteiger partial charge on any atom is -0.493 e. The van der Waals surface area contributed by atoms with Crippen LogP contribution in [0.4, 0.5) is 5.69 Å². The van der Waals surface area contributed by atoms with E-state index in [4.69, 9.17) is 4.74 Å². The van der Waals surface area contributed by atoms with Gasteiger partial charge in [0.05, 0.1) is 22.5 Å². The molecule has 0 saturated carbocycles. The van der Waals surface area contributed by atoms with Crippen molar-refractivity contribution >= 4 is 21.4 Å². The Balaban J connectivity index is 1.78. The highest BCUT2D eigenvalue weighted by molar-refractivity contribution is 7.92. The zero-order chi connectivity index (χ0) is 19.6. The van der Waals surface area contributed by atoms with Gasteiger partial charge >= 0.3 is 0 Å². The van der Waals surface area contributed by atoms with E-state index in [-0.39, 0.29) is 16.6 Å². The quantitative estimate of drug-likeness (QED) is 0.619. The van der Waals surface area contributed by atoms with E-state index in [1.54, 1.807) is 6.07 Å². The Morgan fingerprint density at radius 1 is 1.22 bits per heavy atom. The lowest BCUT2D eigenvalue weighted by Gasteiger charge is -2.27. The molecule has 0 saturated heterocycles. The number of hydrogen-bond donors (Lipinski definition) is 1. The van der Waals surface area contributed by atoms with Crippen LogP contribution >= 0.6 is 0 Å². The van der Waals surface area contributed by atoms with E-state index in [9.17, 15) is 23.3 Å². The van der Waals surface area contributed by atoms with Crippen LogP contribution in [0, 0.1) is 10.1 Å². The number of non-ortho nitro benzene ring substituents is 1. The summed E-state index contributed by atoms with van der Waals surface area (Å²) in [6.07, 6.45) is 0.535. The van der Waals surface area contributed by atoms with Crippen LogP contribution in [-0.4, -0.2) is 31.1 Å². The van der Waals surface area contributed by atoms with Crippen LogP contribution in [0.1, 0.15) is 24.9 Å². The second-order valence-electron chi connectivity index (χ2n) is 6.17. The van der Waals surface area contributed by atoms with Crippen molar-refractivity contribution in [3.8, 4) is 5.75 Å². The first kappa shape index (κ1) is 18.8. The number of hydrogen-bond acceptors (Lipinski definition) is 6. The van der Waals surface area contributed by atoms with E-state index in [1.165, 1.54) is 6.92 Å². The van der Waals surface area contributed by atoms with Gasteiger partial charge in [-0.1, -0.05) is 18.2 Å². The normalized spacial score (nSPS) is 17.3. The number of para-hydroxylation sites is 1. The van der Waals surface area contributed by atoms with Crippen molar-refractivity contribution in [1.82, 2.24) is 5.32 Å². The molecule has 0 spiro atoms. The maximum Gasteiger partial charge on any atom is 0.269 e. The number of fused-ring (bicyclic) bond motifs is 1. The van der Waals surface area contributed by atoms with Gasteiger partial charge in [0.2, 0.25) is 5.91 Å². The van der Waals surface area contributed by atoms with Gasteiger partial charge in [-0.15, -0.1) is 0 Å². The summed E-state index contributed by atoms with van der Waals surface area (Å²) in [6.45, 7) is 1.72. The maximum absolute atomic E-state index is 12.7. The summed E-state index contributed by atoms with van der Waals surface area (Å²) in [5.41, 5.74) is 0.585. The fourth-order valence-electron chi connectivity index (χ4n) is 2.88. The van der Waals surface area contributed by atoms with Crippen molar-refractivity contribution < 1.29 is 22.9 Å². The third kappa shape index (κ3) is 3.77. The van der Waals surface area contributed by atoms with E-state index in [0.717, 1.165) is 29.8 Å². The van der Waals surface area contributed by atoms with Gasteiger partial charge < -0.3 is 10.1 Å². The molecule has 0 bridgehead atoms. The summed E-state index contributed by atoms with van der Waals surface area (Å²) in [7, 11) is -3.97. The fraction of sp³-hybridized carbons (Fsp3) is 0.278. The molecule has 1 aliphatic heterocycles. The molecule has 2 aromatic rings. The number of nitrogens with zero attached hydrogens (tertiary/aromatic N) is 1. The van der Waals surface area contributed by atoms with E-state index >= 15 is 0 Å². The number of sulfone groups is 1. The van der Waals surface area contributed by atoms with Crippen LogP contribution in [0.3, 0.4) is 0 Å². The van der Waals surface area contributed by atoms with Crippen molar-refractivity contribution in [1.29, 1.82) is 0 Å². The summed E-state index contributed by atoms with van der Waals surface area (Å²) in [6, 6.07) is 11.4. The number of nitro groups is 1. The minimum absolute atomic E-state index is 0.136. The molecule has 1 heterocycles. The Morgan fingerprint density at radius 2 is 1.89 bits per heavy atom. The first-order valence-electron chi connectivity index (χ1n) is 8.31. The first-order valence-corrected chi connectivity index (χ1v) is 9.86. The Bertz CT molecular complexity index is 972. The van der Waals surface area contributed by atoms with Gasteiger partial charge in [0.1, 0.15) is 11.0 Å². The van der Waals surface area contributed by atoms with E-state index in [0.29, 0.717) is 18.8 Å². The summed E-state index contributed by atoms with van der Waals surface area (Å²) in [5, 5.41) is 12.1. The third-order valence-electron chi connectivity index (χ3n) is 4.49. The second kappa shape index (κ2) is 7.36. The lowest BCUT2D eigenvalue weighted by atomic mass is 10.0. The molecule has 0 aliphatic carbocycles. The lowest BCUT2D eigenvalue weighted by molar-refractivity contribution is -0.384.